The highest BCUT2D eigenvalue weighted by Gasteiger charge is 2.19. The van der Waals surface area contributed by atoms with Gasteiger partial charge in [-0.15, -0.1) is 11.3 Å². The average Bonchev–Trinajstić information content (AvgIpc) is 3.05. The third-order valence-electron chi connectivity index (χ3n) is 4.37. The van der Waals surface area contributed by atoms with Crippen molar-refractivity contribution in [1.29, 1.82) is 0 Å². The van der Waals surface area contributed by atoms with Crippen molar-refractivity contribution >= 4 is 38.7 Å². The summed E-state index contributed by atoms with van der Waals surface area (Å²) in [6.45, 7) is 2.05. The molecular weight excluding hydrogens is 376 g/mol. The van der Waals surface area contributed by atoms with E-state index in [-0.39, 0.29) is 11.4 Å². The van der Waals surface area contributed by atoms with E-state index in [1.54, 1.807) is 23.5 Å². The normalized spacial score (nSPS) is 10.8. The van der Waals surface area contributed by atoms with Crippen LogP contribution in [-0.4, -0.2) is 22.0 Å². The van der Waals surface area contributed by atoms with Gasteiger partial charge in [-0.1, -0.05) is 30.3 Å². The highest BCUT2D eigenvalue weighted by molar-refractivity contribution is 7.19. The molecule has 0 saturated carbocycles. The van der Waals surface area contributed by atoms with Gasteiger partial charge in [0, 0.05) is 22.2 Å². The number of ether oxygens (including phenoxy) is 1. The van der Waals surface area contributed by atoms with E-state index in [1.807, 2.05) is 30.3 Å². The number of benzene rings is 2. The zero-order chi connectivity index (χ0) is 19.7. The molecule has 0 radical (unpaired) electrons. The van der Waals surface area contributed by atoms with Crippen LogP contribution < -0.4 is 10.1 Å². The van der Waals surface area contributed by atoms with Gasteiger partial charge >= 0.3 is 5.69 Å². The van der Waals surface area contributed by atoms with E-state index >= 15 is 0 Å². The van der Waals surface area contributed by atoms with Crippen molar-refractivity contribution in [3.63, 3.8) is 0 Å². The van der Waals surface area contributed by atoms with Gasteiger partial charge in [-0.05, 0) is 24.6 Å². The summed E-state index contributed by atoms with van der Waals surface area (Å²) in [5, 5.41) is 15.4. The molecule has 0 bridgehead atoms. The minimum Gasteiger partial charge on any atom is -0.490 e. The lowest BCUT2D eigenvalue weighted by Crippen LogP contribution is -1.98. The Balaban J connectivity index is 1.84. The first kappa shape index (κ1) is 17.9. The van der Waals surface area contributed by atoms with E-state index in [0.29, 0.717) is 11.5 Å². The summed E-state index contributed by atoms with van der Waals surface area (Å²) in [7, 11) is 1.41. The standard InChI is InChI=1S/C20H16N4O3S/c1-12-17(13-6-4-3-5-7-13)18-19(21-11-22-20(18)28-12)23-14-8-9-16(27-2)15(10-14)24(25)26/h3-11H,1-2H3,(H,21,22,23). The number of rotatable bonds is 5. The van der Waals surface area contributed by atoms with Crippen molar-refractivity contribution in [2.24, 2.45) is 0 Å². The second kappa shape index (κ2) is 7.24. The molecule has 0 fully saturated rings. The molecule has 0 aliphatic carbocycles. The lowest BCUT2D eigenvalue weighted by atomic mass is 10.0. The minimum atomic E-state index is -0.469. The molecule has 0 spiro atoms. The Morgan fingerprint density at radius 1 is 1.14 bits per heavy atom. The van der Waals surface area contributed by atoms with Crippen molar-refractivity contribution < 1.29 is 9.66 Å². The summed E-state index contributed by atoms with van der Waals surface area (Å²) in [6.07, 6.45) is 1.49. The maximum absolute atomic E-state index is 11.3. The Kier molecular flexibility index (Phi) is 4.62. The largest absolute Gasteiger partial charge is 0.490 e. The third kappa shape index (κ3) is 3.14. The second-order valence-electron chi connectivity index (χ2n) is 6.07. The predicted octanol–water partition coefficient (Wildman–Crippen LogP) is 5.33. The molecule has 0 aliphatic heterocycles. The van der Waals surface area contributed by atoms with Gasteiger partial charge in [-0.25, -0.2) is 9.97 Å². The molecule has 0 unspecified atom stereocenters. The van der Waals surface area contributed by atoms with Crippen molar-refractivity contribution in [2.45, 2.75) is 6.92 Å². The van der Waals surface area contributed by atoms with Crippen LogP contribution in [0, 0.1) is 17.0 Å². The molecule has 28 heavy (non-hydrogen) atoms. The van der Waals surface area contributed by atoms with Gasteiger partial charge in [0.1, 0.15) is 17.0 Å². The van der Waals surface area contributed by atoms with Crippen LogP contribution in [0.2, 0.25) is 0 Å². The highest BCUT2D eigenvalue weighted by Crippen LogP contribution is 2.41. The summed E-state index contributed by atoms with van der Waals surface area (Å²) < 4.78 is 5.07. The van der Waals surface area contributed by atoms with Crippen LogP contribution in [-0.2, 0) is 0 Å². The van der Waals surface area contributed by atoms with Gasteiger partial charge in [0.15, 0.2) is 5.75 Å². The fraction of sp³-hybridized carbons (Fsp3) is 0.100. The molecule has 2 aromatic heterocycles. The molecular formula is C20H16N4O3S. The average molecular weight is 392 g/mol. The number of hydrogen-bond donors (Lipinski definition) is 1. The summed E-state index contributed by atoms with van der Waals surface area (Å²) in [5.74, 6) is 0.812. The first-order valence-electron chi connectivity index (χ1n) is 8.47. The van der Waals surface area contributed by atoms with Crippen molar-refractivity contribution in [3.05, 3.63) is 69.8 Å². The van der Waals surface area contributed by atoms with E-state index < -0.39 is 4.92 Å². The van der Waals surface area contributed by atoms with Gasteiger partial charge in [0.25, 0.3) is 0 Å². The molecule has 1 N–H and O–H groups in total. The van der Waals surface area contributed by atoms with Crippen LogP contribution >= 0.6 is 11.3 Å². The Labute approximate surface area is 164 Å². The summed E-state index contributed by atoms with van der Waals surface area (Å²) in [4.78, 5) is 21.6. The first-order chi connectivity index (χ1) is 13.6. The fourth-order valence-electron chi connectivity index (χ4n) is 3.14. The zero-order valence-corrected chi connectivity index (χ0v) is 16.0. The Bertz CT molecular complexity index is 1180. The van der Waals surface area contributed by atoms with Gasteiger partial charge in [0.2, 0.25) is 0 Å². The van der Waals surface area contributed by atoms with Crippen LogP contribution in [0.25, 0.3) is 21.3 Å². The molecule has 140 valence electrons. The second-order valence-corrected chi connectivity index (χ2v) is 7.27. The molecule has 0 saturated heterocycles. The van der Waals surface area contributed by atoms with Crippen LogP contribution in [0.4, 0.5) is 17.2 Å². The van der Waals surface area contributed by atoms with Gasteiger partial charge in [-0.3, -0.25) is 10.1 Å². The Hall–Kier alpha value is -3.52. The monoisotopic (exact) mass is 392 g/mol. The molecule has 0 atom stereocenters. The SMILES string of the molecule is COc1ccc(Nc2ncnc3sc(C)c(-c4ccccc4)c23)cc1[N+](=O)[O-]. The number of fused-ring (bicyclic) bond motifs is 1. The number of methoxy groups -OCH3 is 1. The molecule has 7 nitrogen and oxygen atoms in total. The van der Waals surface area contributed by atoms with E-state index in [4.69, 9.17) is 4.74 Å². The highest BCUT2D eigenvalue weighted by atomic mass is 32.1. The van der Waals surface area contributed by atoms with Crippen LogP contribution in [0.5, 0.6) is 5.75 Å². The quantitative estimate of drug-likeness (QED) is 0.365. The zero-order valence-electron chi connectivity index (χ0n) is 15.2. The number of aromatic nitrogens is 2. The number of nitrogens with zero attached hydrogens (tertiary/aromatic N) is 3. The number of hydrogen-bond acceptors (Lipinski definition) is 7. The topological polar surface area (TPSA) is 90.2 Å². The Morgan fingerprint density at radius 2 is 1.93 bits per heavy atom. The van der Waals surface area contributed by atoms with Crippen molar-refractivity contribution in [1.82, 2.24) is 9.97 Å². The van der Waals surface area contributed by atoms with Crippen LogP contribution in [0.1, 0.15) is 4.88 Å². The fourth-order valence-corrected chi connectivity index (χ4v) is 4.15. The number of nitro benzene ring substituents is 1. The maximum atomic E-state index is 11.3. The van der Waals surface area contributed by atoms with E-state index in [1.165, 1.54) is 19.5 Å². The number of nitro groups is 1. The van der Waals surface area contributed by atoms with Crippen molar-refractivity contribution in [3.8, 4) is 16.9 Å². The van der Waals surface area contributed by atoms with Gasteiger partial charge in [-0.2, -0.15) is 0 Å². The van der Waals surface area contributed by atoms with Gasteiger partial charge in [0.05, 0.1) is 17.4 Å². The molecule has 8 heteroatoms. The lowest BCUT2D eigenvalue weighted by Gasteiger charge is -2.10. The van der Waals surface area contributed by atoms with Crippen LogP contribution in [0.3, 0.4) is 0 Å². The molecule has 4 aromatic rings. The number of nitrogens with one attached hydrogen (secondary N) is 1. The molecule has 4 rings (SSSR count). The maximum Gasteiger partial charge on any atom is 0.312 e. The third-order valence-corrected chi connectivity index (χ3v) is 5.38. The smallest absolute Gasteiger partial charge is 0.312 e. The summed E-state index contributed by atoms with van der Waals surface area (Å²) in [5.41, 5.74) is 2.58. The number of aryl methyl sites for hydroxylation is 1. The number of thiophene rings is 1. The number of anilines is 2. The lowest BCUT2D eigenvalue weighted by molar-refractivity contribution is -0.385. The minimum absolute atomic E-state index is 0.109. The van der Waals surface area contributed by atoms with Gasteiger partial charge < -0.3 is 10.1 Å². The summed E-state index contributed by atoms with van der Waals surface area (Å²) in [6, 6.07) is 14.8. The Morgan fingerprint density at radius 3 is 2.64 bits per heavy atom. The molecule has 2 heterocycles. The predicted molar refractivity (Wildman–Crippen MR) is 111 cm³/mol. The first-order valence-corrected chi connectivity index (χ1v) is 9.29. The molecule has 2 aromatic carbocycles. The molecule has 0 aliphatic rings. The molecule has 0 amide bonds. The summed E-state index contributed by atoms with van der Waals surface area (Å²) >= 11 is 1.59. The van der Waals surface area contributed by atoms with E-state index in [0.717, 1.165) is 26.2 Å². The van der Waals surface area contributed by atoms with Crippen molar-refractivity contribution in [2.75, 3.05) is 12.4 Å². The van der Waals surface area contributed by atoms with Crippen LogP contribution in [0.15, 0.2) is 54.9 Å². The van der Waals surface area contributed by atoms with E-state index in [2.05, 4.69) is 22.2 Å². The van der Waals surface area contributed by atoms with E-state index in [9.17, 15) is 10.1 Å².